The molecular formula is C5F10I2O. The van der Waals surface area contributed by atoms with E-state index in [1.54, 1.807) is 0 Å². The first kappa shape index (κ1) is 18.7. The van der Waals surface area contributed by atoms with E-state index in [1.165, 1.54) is 0 Å². The van der Waals surface area contributed by atoms with Crippen LogP contribution in [-0.4, -0.2) is 26.0 Å². The van der Waals surface area contributed by atoms with Crippen molar-refractivity contribution in [2.75, 3.05) is 0 Å². The Morgan fingerprint density at radius 1 is 0.611 bits per heavy atom. The summed E-state index contributed by atoms with van der Waals surface area (Å²) in [6.45, 7) is 0. The zero-order valence-electron chi connectivity index (χ0n) is 7.44. The molecule has 13 heteroatoms. The highest BCUT2D eigenvalue weighted by molar-refractivity contribution is 14.1. The third-order valence-electron chi connectivity index (χ3n) is 1.31. The van der Waals surface area contributed by atoms with E-state index in [0.29, 0.717) is 0 Å². The molecule has 0 N–H and O–H groups in total. The smallest absolute Gasteiger partial charge is 0.246 e. The molecule has 18 heavy (non-hydrogen) atoms. The molecule has 1 nitrogen and oxygen atoms in total. The lowest BCUT2D eigenvalue weighted by molar-refractivity contribution is -0.442. The molecular weight excluding hydrogens is 520 g/mol. The van der Waals surface area contributed by atoms with Gasteiger partial charge in [0.25, 0.3) is 0 Å². The fourth-order valence-corrected chi connectivity index (χ4v) is 0.668. The predicted molar refractivity (Wildman–Crippen MR) is 53.9 cm³/mol. The summed E-state index contributed by atoms with van der Waals surface area (Å²) in [5.74, 6) is 0. The van der Waals surface area contributed by atoms with E-state index >= 15 is 0 Å². The first-order valence-electron chi connectivity index (χ1n) is 3.43. The Kier molecular flexibility index (Phi) is 5.12. The average Bonchev–Trinajstić information content (AvgIpc) is 1.96. The molecule has 0 saturated carbocycles. The van der Waals surface area contributed by atoms with Gasteiger partial charge in [-0.15, -0.1) is 0 Å². The third kappa shape index (κ3) is 3.63. The lowest BCUT2D eigenvalue weighted by atomic mass is 10.3. The molecule has 0 aliphatic carbocycles. The Balaban J connectivity index is 5.33. The van der Waals surface area contributed by atoms with Gasteiger partial charge in [0.2, 0.25) is 0 Å². The van der Waals surface area contributed by atoms with E-state index in [9.17, 15) is 43.9 Å². The summed E-state index contributed by atoms with van der Waals surface area (Å²) >= 11 is -0.893. The summed E-state index contributed by atoms with van der Waals surface area (Å²) in [4.78, 5) is 0. The van der Waals surface area contributed by atoms with Crippen LogP contribution in [0.4, 0.5) is 43.9 Å². The first-order chi connectivity index (χ1) is 7.46. The van der Waals surface area contributed by atoms with Crippen molar-refractivity contribution < 1.29 is 48.6 Å². The average molecular weight is 520 g/mol. The summed E-state index contributed by atoms with van der Waals surface area (Å²) in [6.07, 6.45) is -18.5. The van der Waals surface area contributed by atoms with Crippen molar-refractivity contribution in [2.45, 2.75) is 26.0 Å². The van der Waals surface area contributed by atoms with Crippen molar-refractivity contribution in [3.63, 3.8) is 0 Å². The maximum atomic E-state index is 12.7. The maximum absolute atomic E-state index is 12.7. The Morgan fingerprint density at radius 3 is 1.17 bits per heavy atom. The molecule has 0 heterocycles. The van der Waals surface area contributed by atoms with Crippen molar-refractivity contribution in [2.24, 2.45) is 0 Å². The molecule has 110 valence electrons. The quantitative estimate of drug-likeness (QED) is 0.292. The van der Waals surface area contributed by atoms with Gasteiger partial charge in [0.1, 0.15) is 0 Å². The molecule has 0 aromatic carbocycles. The van der Waals surface area contributed by atoms with Gasteiger partial charge in [0.05, 0.1) is 0 Å². The van der Waals surface area contributed by atoms with Gasteiger partial charge in [-0.25, -0.2) is 9.13 Å². The Labute approximate surface area is 119 Å². The zero-order valence-corrected chi connectivity index (χ0v) is 11.8. The van der Waals surface area contributed by atoms with Crippen molar-refractivity contribution in [1.82, 2.24) is 0 Å². The molecule has 0 fully saturated rings. The Morgan fingerprint density at radius 2 is 0.944 bits per heavy atom. The molecule has 0 spiro atoms. The molecule has 0 aliphatic rings. The van der Waals surface area contributed by atoms with E-state index in [4.69, 9.17) is 0 Å². The van der Waals surface area contributed by atoms with Crippen LogP contribution in [0.2, 0.25) is 0 Å². The summed E-state index contributed by atoms with van der Waals surface area (Å²) in [5.41, 5.74) is 0. The van der Waals surface area contributed by atoms with Crippen LogP contribution in [0.15, 0.2) is 0 Å². The molecule has 1 atom stereocenters. The number of rotatable bonds is 4. The molecule has 0 rings (SSSR count). The number of hydrogen-bond donors (Lipinski definition) is 0. The van der Waals surface area contributed by atoms with Crippen LogP contribution in [-0.2, 0) is 4.74 Å². The second-order valence-corrected chi connectivity index (χ2v) is 5.55. The van der Waals surface area contributed by atoms with E-state index in [0.717, 1.165) is 0 Å². The number of halogens is 12. The zero-order chi connectivity index (χ0) is 15.2. The molecule has 0 aromatic rings. The van der Waals surface area contributed by atoms with Gasteiger partial charge in [-0.1, -0.05) is 0 Å². The van der Waals surface area contributed by atoms with Gasteiger partial charge >= 0.3 is 26.0 Å². The minimum atomic E-state index is -6.31. The fourth-order valence-electron chi connectivity index (χ4n) is 0.448. The monoisotopic (exact) mass is 520 g/mol. The minimum Gasteiger partial charge on any atom is -0.246 e. The van der Waals surface area contributed by atoms with Gasteiger partial charge in [0, 0.05) is 22.6 Å². The third-order valence-corrected chi connectivity index (χ3v) is 3.18. The van der Waals surface area contributed by atoms with Gasteiger partial charge < -0.3 is 0 Å². The summed E-state index contributed by atoms with van der Waals surface area (Å²) in [7, 11) is 0. The van der Waals surface area contributed by atoms with Crippen molar-refractivity contribution >= 4 is 45.2 Å². The van der Waals surface area contributed by atoms with E-state index in [2.05, 4.69) is 4.74 Å². The van der Waals surface area contributed by atoms with E-state index in [-0.39, 0.29) is 22.6 Å². The summed E-state index contributed by atoms with van der Waals surface area (Å²) in [6, 6.07) is 0. The molecule has 0 aromatic heterocycles. The highest BCUT2D eigenvalue weighted by atomic mass is 127. The van der Waals surface area contributed by atoms with Crippen LogP contribution in [0, 0.1) is 0 Å². The second-order valence-electron chi connectivity index (χ2n) is 2.71. The van der Waals surface area contributed by atoms with Crippen LogP contribution in [0.5, 0.6) is 0 Å². The van der Waals surface area contributed by atoms with Gasteiger partial charge in [0.15, 0.2) is 0 Å². The fraction of sp³-hybridized carbons (Fsp3) is 1.00. The minimum absolute atomic E-state index is 0.339. The van der Waals surface area contributed by atoms with E-state index < -0.39 is 48.6 Å². The Bertz CT molecular complexity index is 304. The molecule has 0 amide bonds. The number of alkyl halides is 12. The SMILES string of the molecule is FC(F)(F)C(F)(I)C(F)(F)OC(F)(F)C(F)(F)I. The van der Waals surface area contributed by atoms with Gasteiger partial charge in [-0.05, 0) is 22.6 Å². The predicted octanol–water partition coefficient (Wildman–Crippen LogP) is 4.88. The molecule has 0 bridgehead atoms. The van der Waals surface area contributed by atoms with Crippen molar-refractivity contribution in [1.29, 1.82) is 0 Å². The standard InChI is InChI=1S/C5F10I2O/c6-1(16,2(7,8)9)4(12,13)18-5(14,15)3(10,11)17. The largest absolute Gasteiger partial charge is 0.440 e. The van der Waals surface area contributed by atoms with Crippen LogP contribution in [0.25, 0.3) is 0 Å². The van der Waals surface area contributed by atoms with Crippen LogP contribution < -0.4 is 0 Å². The van der Waals surface area contributed by atoms with E-state index in [1.807, 2.05) is 0 Å². The van der Waals surface area contributed by atoms with Crippen LogP contribution in [0.3, 0.4) is 0 Å². The topological polar surface area (TPSA) is 9.23 Å². The normalized spacial score (nSPS) is 18.7. The maximum Gasteiger partial charge on any atom is 0.440 e. The summed E-state index contributed by atoms with van der Waals surface area (Å²) in [5, 5.41) is 0. The summed E-state index contributed by atoms with van der Waals surface area (Å²) < 4.78 is 113. The molecule has 0 radical (unpaired) electrons. The van der Waals surface area contributed by atoms with Crippen molar-refractivity contribution in [3.8, 4) is 0 Å². The number of ether oxygens (including phenoxy) is 1. The first-order valence-corrected chi connectivity index (χ1v) is 5.58. The van der Waals surface area contributed by atoms with Gasteiger partial charge in [-0.2, -0.15) is 39.5 Å². The molecule has 0 saturated heterocycles. The molecule has 1 unspecified atom stereocenters. The van der Waals surface area contributed by atoms with Crippen LogP contribution in [0.1, 0.15) is 0 Å². The van der Waals surface area contributed by atoms with Crippen molar-refractivity contribution in [3.05, 3.63) is 0 Å². The highest BCUT2D eigenvalue weighted by Gasteiger charge is 2.75. The van der Waals surface area contributed by atoms with Crippen LogP contribution >= 0.6 is 45.2 Å². The highest BCUT2D eigenvalue weighted by Crippen LogP contribution is 2.54. The van der Waals surface area contributed by atoms with Gasteiger partial charge in [-0.3, -0.25) is 0 Å². The Hall–Kier alpha value is 0.720. The lowest BCUT2D eigenvalue weighted by Gasteiger charge is -2.33. The lowest BCUT2D eigenvalue weighted by Crippen LogP contribution is -2.56. The number of hydrogen-bond acceptors (Lipinski definition) is 1. The second kappa shape index (κ2) is 4.92. The molecule has 0 aliphatic heterocycles.